The first-order chi connectivity index (χ1) is 15.3. The van der Waals surface area contributed by atoms with Crippen LogP contribution in [0.1, 0.15) is 29.8 Å². The Hall–Kier alpha value is -3.59. The molecule has 3 heterocycles. The van der Waals surface area contributed by atoms with Gasteiger partial charge in [-0.1, -0.05) is 12.1 Å². The Morgan fingerprint density at radius 1 is 1.31 bits per heavy atom. The third kappa shape index (κ3) is 2.57. The predicted molar refractivity (Wildman–Crippen MR) is 115 cm³/mol. The first-order valence-corrected chi connectivity index (χ1v) is 10.3. The molecule has 8 nitrogen and oxygen atoms in total. The largest absolute Gasteiger partial charge is 0.508 e. The number of rotatable bonds is 4. The summed E-state index contributed by atoms with van der Waals surface area (Å²) in [6.45, 7) is 1.92. The molecule has 0 bridgehead atoms. The number of halogens is 1. The van der Waals surface area contributed by atoms with Gasteiger partial charge in [-0.25, -0.2) is 9.18 Å². The monoisotopic (exact) mass is 438 g/mol. The zero-order valence-electron chi connectivity index (χ0n) is 17.7. The Balaban J connectivity index is 1.81. The van der Waals surface area contributed by atoms with E-state index in [1.807, 2.05) is 0 Å². The van der Waals surface area contributed by atoms with Crippen molar-refractivity contribution >= 4 is 22.8 Å². The van der Waals surface area contributed by atoms with E-state index >= 15 is 4.39 Å². The molecule has 0 unspecified atom stereocenters. The van der Waals surface area contributed by atoms with E-state index in [9.17, 15) is 14.7 Å². The molecule has 9 heteroatoms. The van der Waals surface area contributed by atoms with Crippen LogP contribution in [0.15, 0.2) is 36.4 Å². The van der Waals surface area contributed by atoms with Crippen LogP contribution in [-0.4, -0.2) is 57.6 Å². The quantitative estimate of drug-likeness (QED) is 0.542. The van der Waals surface area contributed by atoms with Gasteiger partial charge in [0.25, 0.3) is 5.91 Å². The number of aromatic nitrogens is 1. The van der Waals surface area contributed by atoms with Crippen LogP contribution in [0, 0.1) is 5.82 Å². The molecular formula is C23H23FN4O4. The third-order valence-electron chi connectivity index (χ3n) is 6.49. The van der Waals surface area contributed by atoms with Crippen molar-refractivity contribution in [2.24, 2.45) is 5.73 Å². The number of urea groups is 1. The maximum absolute atomic E-state index is 15.3. The fraction of sp³-hybridized carbons (Fsp3) is 0.304. The minimum Gasteiger partial charge on any atom is -0.508 e. The molecule has 0 aliphatic carbocycles. The maximum atomic E-state index is 15.3. The van der Waals surface area contributed by atoms with Crippen LogP contribution in [0.4, 0.5) is 9.18 Å². The molecule has 1 saturated heterocycles. The van der Waals surface area contributed by atoms with Gasteiger partial charge in [-0.3, -0.25) is 14.6 Å². The van der Waals surface area contributed by atoms with Gasteiger partial charge in [0, 0.05) is 36.1 Å². The summed E-state index contributed by atoms with van der Waals surface area (Å²) in [5.74, 6) is -0.775. The molecule has 0 radical (unpaired) electrons. The molecule has 0 spiro atoms. The summed E-state index contributed by atoms with van der Waals surface area (Å²) in [6, 6.07) is 8.57. The van der Waals surface area contributed by atoms with E-state index in [0.717, 1.165) is 4.90 Å². The zero-order chi connectivity index (χ0) is 22.8. The van der Waals surface area contributed by atoms with Crippen LogP contribution < -0.4 is 10.5 Å². The number of nitrogens with one attached hydrogen (secondary N) is 1. The fourth-order valence-electron chi connectivity index (χ4n) is 5.07. The molecule has 2 aromatic carbocycles. The molecule has 3 aromatic rings. The number of aromatic amines is 1. The number of hydrogen-bond donors (Lipinski definition) is 3. The van der Waals surface area contributed by atoms with Crippen LogP contribution >= 0.6 is 0 Å². The summed E-state index contributed by atoms with van der Waals surface area (Å²) in [7, 11) is 1.39. The highest BCUT2D eigenvalue weighted by Crippen LogP contribution is 2.49. The van der Waals surface area contributed by atoms with Gasteiger partial charge in [0.05, 0.1) is 7.11 Å². The summed E-state index contributed by atoms with van der Waals surface area (Å²) < 4.78 is 20.5. The number of ether oxygens (including phenoxy) is 1. The van der Waals surface area contributed by atoms with Gasteiger partial charge >= 0.3 is 6.03 Å². The molecule has 0 saturated carbocycles. The molecule has 5 rings (SSSR count). The number of nitrogens with zero attached hydrogens (tertiary/aromatic N) is 2. The first-order valence-electron chi connectivity index (χ1n) is 10.3. The number of nitrogens with two attached hydrogens (primary N) is 1. The highest BCUT2D eigenvalue weighted by atomic mass is 19.1. The van der Waals surface area contributed by atoms with Crippen LogP contribution in [0.3, 0.4) is 0 Å². The van der Waals surface area contributed by atoms with Crippen LogP contribution in [0.25, 0.3) is 10.9 Å². The molecule has 2 aliphatic heterocycles. The van der Waals surface area contributed by atoms with E-state index in [0.29, 0.717) is 27.7 Å². The number of carbonyl (C=O) groups excluding carboxylic acids is 2. The Morgan fingerprint density at radius 2 is 2.09 bits per heavy atom. The zero-order valence-corrected chi connectivity index (χ0v) is 17.7. The number of benzene rings is 2. The second kappa shape index (κ2) is 6.96. The average molecular weight is 438 g/mol. The number of amides is 3. The van der Waals surface area contributed by atoms with E-state index in [2.05, 4.69) is 4.98 Å². The van der Waals surface area contributed by atoms with Gasteiger partial charge in [-0.15, -0.1) is 0 Å². The fourth-order valence-corrected chi connectivity index (χ4v) is 5.07. The summed E-state index contributed by atoms with van der Waals surface area (Å²) >= 11 is 0. The van der Waals surface area contributed by atoms with Gasteiger partial charge in [-0.2, -0.15) is 0 Å². The lowest BCUT2D eigenvalue weighted by molar-refractivity contribution is -0.133. The molecule has 166 valence electrons. The van der Waals surface area contributed by atoms with Gasteiger partial charge in [0.1, 0.15) is 17.3 Å². The van der Waals surface area contributed by atoms with Crippen LogP contribution in [0.5, 0.6) is 11.5 Å². The van der Waals surface area contributed by atoms with Gasteiger partial charge < -0.3 is 20.6 Å². The minimum atomic E-state index is -1.24. The van der Waals surface area contributed by atoms with Crippen LogP contribution in [-0.2, 0) is 11.2 Å². The Bertz CT molecular complexity index is 1270. The number of hydrogen-bond acceptors (Lipinski definition) is 5. The van der Waals surface area contributed by atoms with Gasteiger partial charge in [0.15, 0.2) is 11.6 Å². The summed E-state index contributed by atoms with van der Waals surface area (Å²) in [4.78, 5) is 32.8. The highest BCUT2D eigenvalue weighted by Gasteiger charge is 2.60. The molecular weight excluding hydrogens is 415 g/mol. The number of methoxy groups -OCH3 is 1. The van der Waals surface area contributed by atoms with E-state index in [1.54, 1.807) is 31.2 Å². The number of phenolic OH excluding ortho intramolecular Hbond substituents is 1. The lowest BCUT2D eigenvalue weighted by atomic mass is 9.81. The smallest absolute Gasteiger partial charge is 0.328 e. The number of carbonyl (C=O) groups is 2. The number of imide groups is 1. The minimum absolute atomic E-state index is 0.0251. The number of fused-ring (bicyclic) bond motifs is 4. The molecule has 32 heavy (non-hydrogen) atoms. The van der Waals surface area contributed by atoms with Crippen molar-refractivity contribution < 1.29 is 23.8 Å². The van der Waals surface area contributed by atoms with E-state index in [1.165, 1.54) is 24.1 Å². The molecule has 2 atom stereocenters. The topological polar surface area (TPSA) is 112 Å². The van der Waals surface area contributed by atoms with Crippen molar-refractivity contribution in [2.45, 2.75) is 24.9 Å². The van der Waals surface area contributed by atoms with Gasteiger partial charge in [-0.05, 0) is 42.3 Å². The lowest BCUT2D eigenvalue weighted by Gasteiger charge is -2.42. The lowest BCUT2D eigenvalue weighted by Crippen LogP contribution is -2.53. The predicted octanol–water partition coefficient (Wildman–Crippen LogP) is 2.65. The van der Waals surface area contributed by atoms with Gasteiger partial charge in [0.2, 0.25) is 0 Å². The van der Waals surface area contributed by atoms with Crippen molar-refractivity contribution in [3.05, 3.63) is 59.0 Å². The summed E-state index contributed by atoms with van der Waals surface area (Å²) in [5, 5.41) is 10.5. The molecule has 1 aromatic heterocycles. The Morgan fingerprint density at radius 3 is 2.78 bits per heavy atom. The second-order valence-corrected chi connectivity index (χ2v) is 8.37. The molecule has 3 amide bonds. The van der Waals surface area contributed by atoms with Crippen molar-refractivity contribution in [2.75, 3.05) is 20.2 Å². The second-order valence-electron chi connectivity index (χ2n) is 8.37. The Labute approximate surface area is 183 Å². The van der Waals surface area contributed by atoms with Crippen molar-refractivity contribution in [1.82, 2.24) is 14.8 Å². The Kier molecular flexibility index (Phi) is 4.42. The van der Waals surface area contributed by atoms with E-state index < -0.39 is 23.4 Å². The average Bonchev–Trinajstić information content (AvgIpc) is 3.21. The maximum Gasteiger partial charge on any atom is 0.328 e. The van der Waals surface area contributed by atoms with Crippen molar-refractivity contribution in [3.63, 3.8) is 0 Å². The SMILES string of the molecule is COc1ccc2[nH]c3c(c2c1F)C[C@@]1(C)C(=O)N(CCN)C(=O)N1[C@@H]3c1cccc(O)c1. The number of H-pyrrole nitrogens is 1. The van der Waals surface area contributed by atoms with E-state index in [-0.39, 0.29) is 36.9 Å². The molecule has 4 N–H and O–H groups in total. The molecule has 1 fully saturated rings. The number of phenols is 1. The molecule has 2 aliphatic rings. The van der Waals surface area contributed by atoms with Crippen molar-refractivity contribution in [1.29, 1.82) is 0 Å². The number of aromatic hydroxyl groups is 1. The standard InChI is InChI=1S/C23H23FN4O4/c1-23-11-14-17-15(6-7-16(32-2)18(17)24)26-19(14)20(12-4-3-5-13(29)10-12)28(23)22(31)27(9-8-25)21(23)30/h3-7,10,20,26,29H,8-9,11,25H2,1-2H3/t20-,23+/m1/s1. The van der Waals surface area contributed by atoms with E-state index in [4.69, 9.17) is 10.5 Å². The van der Waals surface area contributed by atoms with Crippen LogP contribution in [0.2, 0.25) is 0 Å². The van der Waals surface area contributed by atoms with Crippen molar-refractivity contribution in [3.8, 4) is 11.5 Å². The summed E-state index contributed by atoms with van der Waals surface area (Å²) in [5.41, 5.74) is 6.78. The first kappa shape index (κ1) is 20.3. The normalized spacial score (nSPS) is 22.4. The third-order valence-corrected chi connectivity index (χ3v) is 6.49. The summed E-state index contributed by atoms with van der Waals surface area (Å²) in [6.07, 6.45) is 0.132. The highest BCUT2D eigenvalue weighted by molar-refractivity contribution is 6.08.